The number of para-hydroxylation sites is 1. The molecule has 4 nitrogen and oxygen atoms in total. The smallest absolute Gasteiger partial charge is 0.223 e. The summed E-state index contributed by atoms with van der Waals surface area (Å²) in [6.07, 6.45) is 11.1. The number of hydrogen-bond acceptors (Lipinski definition) is 2. The molecule has 1 heterocycles. The molecule has 1 unspecified atom stereocenters. The largest absolute Gasteiger partial charge is 0.356 e. The van der Waals surface area contributed by atoms with Crippen molar-refractivity contribution in [3.05, 3.63) is 59.9 Å². The van der Waals surface area contributed by atoms with Crippen LogP contribution in [0.25, 0.3) is 5.69 Å². The molecule has 1 aliphatic rings. The summed E-state index contributed by atoms with van der Waals surface area (Å²) >= 11 is 0. The first-order valence-electron chi connectivity index (χ1n) is 8.77. The molecule has 1 aromatic carbocycles. The molecule has 1 N–H and O–H groups in total. The van der Waals surface area contributed by atoms with Crippen molar-refractivity contribution in [2.75, 3.05) is 6.54 Å². The minimum Gasteiger partial charge on any atom is -0.356 e. The van der Waals surface area contributed by atoms with Crippen LogP contribution in [0, 0.1) is 12.8 Å². The Morgan fingerprint density at radius 2 is 2.12 bits per heavy atom. The Balaban J connectivity index is 1.48. The third-order valence-corrected chi connectivity index (χ3v) is 4.58. The molecule has 0 bridgehead atoms. The summed E-state index contributed by atoms with van der Waals surface area (Å²) in [4.78, 5) is 12.1. The zero-order valence-corrected chi connectivity index (χ0v) is 14.2. The van der Waals surface area contributed by atoms with Gasteiger partial charge in [0.05, 0.1) is 11.4 Å². The van der Waals surface area contributed by atoms with E-state index in [2.05, 4.69) is 40.9 Å². The van der Waals surface area contributed by atoms with Crippen LogP contribution in [0.2, 0.25) is 0 Å². The zero-order chi connectivity index (χ0) is 16.8. The lowest BCUT2D eigenvalue weighted by Gasteiger charge is -2.17. The lowest BCUT2D eigenvalue weighted by Crippen LogP contribution is -2.32. The van der Waals surface area contributed by atoms with Crippen molar-refractivity contribution in [1.29, 1.82) is 0 Å². The molecule has 1 aromatic heterocycles. The Morgan fingerprint density at radius 1 is 1.29 bits per heavy atom. The van der Waals surface area contributed by atoms with Gasteiger partial charge in [0, 0.05) is 18.7 Å². The lowest BCUT2D eigenvalue weighted by molar-refractivity contribution is -0.125. The van der Waals surface area contributed by atoms with Crippen LogP contribution in [0.1, 0.15) is 36.9 Å². The standard InChI is InChI=1S/C20H25N3O/c1-16-18(15-23(22-16)19-12-6-3-7-13-19)11-8-14-21-20(24)17-9-4-2-5-10-17/h2-4,6-7,12-13,15,17H,5,8-11,14H2,1H3,(H,21,24). The number of aromatic nitrogens is 2. The molecule has 0 saturated heterocycles. The van der Waals surface area contributed by atoms with Crippen LogP contribution in [0.5, 0.6) is 0 Å². The van der Waals surface area contributed by atoms with Crippen molar-refractivity contribution in [1.82, 2.24) is 15.1 Å². The summed E-state index contributed by atoms with van der Waals surface area (Å²) in [6.45, 7) is 2.77. The fourth-order valence-electron chi connectivity index (χ4n) is 3.12. The first-order chi connectivity index (χ1) is 11.7. The van der Waals surface area contributed by atoms with Crippen molar-refractivity contribution in [3.8, 4) is 5.69 Å². The van der Waals surface area contributed by atoms with Crippen molar-refractivity contribution < 1.29 is 4.79 Å². The van der Waals surface area contributed by atoms with E-state index in [-0.39, 0.29) is 11.8 Å². The van der Waals surface area contributed by atoms with Crippen molar-refractivity contribution >= 4 is 5.91 Å². The second kappa shape index (κ2) is 7.95. The van der Waals surface area contributed by atoms with Crippen LogP contribution in [0.4, 0.5) is 0 Å². The second-order valence-electron chi connectivity index (χ2n) is 6.40. The van der Waals surface area contributed by atoms with Gasteiger partial charge in [-0.2, -0.15) is 5.10 Å². The highest BCUT2D eigenvalue weighted by atomic mass is 16.1. The summed E-state index contributed by atoms with van der Waals surface area (Å²) < 4.78 is 1.93. The number of nitrogens with zero attached hydrogens (tertiary/aromatic N) is 2. The van der Waals surface area contributed by atoms with Crippen molar-refractivity contribution in [3.63, 3.8) is 0 Å². The molecule has 1 aliphatic carbocycles. The van der Waals surface area contributed by atoms with Crippen molar-refractivity contribution in [2.45, 2.75) is 39.0 Å². The van der Waals surface area contributed by atoms with Crippen LogP contribution < -0.4 is 5.32 Å². The average Bonchev–Trinajstić information content (AvgIpc) is 3.01. The number of hydrogen-bond donors (Lipinski definition) is 1. The fraction of sp³-hybridized carbons (Fsp3) is 0.400. The Labute approximate surface area is 143 Å². The highest BCUT2D eigenvalue weighted by molar-refractivity contribution is 5.78. The molecule has 1 amide bonds. The molecule has 0 saturated carbocycles. The molecule has 126 valence electrons. The Kier molecular flexibility index (Phi) is 5.47. The van der Waals surface area contributed by atoms with Gasteiger partial charge in [-0.15, -0.1) is 0 Å². The molecule has 0 aliphatic heterocycles. The lowest BCUT2D eigenvalue weighted by atomic mass is 9.93. The summed E-state index contributed by atoms with van der Waals surface area (Å²) in [5.74, 6) is 0.369. The summed E-state index contributed by atoms with van der Waals surface area (Å²) in [5.41, 5.74) is 3.38. The van der Waals surface area contributed by atoms with E-state index >= 15 is 0 Å². The quantitative estimate of drug-likeness (QED) is 0.652. The van der Waals surface area contributed by atoms with E-state index in [1.165, 1.54) is 5.56 Å². The molecular weight excluding hydrogens is 298 g/mol. The highest BCUT2D eigenvalue weighted by Crippen LogP contribution is 2.18. The monoisotopic (exact) mass is 323 g/mol. The fourth-order valence-corrected chi connectivity index (χ4v) is 3.12. The Morgan fingerprint density at radius 3 is 2.88 bits per heavy atom. The van der Waals surface area contributed by atoms with Gasteiger partial charge in [-0.25, -0.2) is 4.68 Å². The maximum Gasteiger partial charge on any atom is 0.223 e. The minimum absolute atomic E-state index is 0.164. The summed E-state index contributed by atoms with van der Waals surface area (Å²) in [6, 6.07) is 10.1. The summed E-state index contributed by atoms with van der Waals surface area (Å²) in [7, 11) is 0. The zero-order valence-electron chi connectivity index (χ0n) is 14.2. The molecule has 2 aromatic rings. The molecule has 4 heteroatoms. The van der Waals surface area contributed by atoms with Gasteiger partial charge < -0.3 is 5.32 Å². The normalized spacial score (nSPS) is 17.0. The average molecular weight is 323 g/mol. The molecule has 1 atom stereocenters. The van der Waals surface area contributed by atoms with Gasteiger partial charge in [-0.1, -0.05) is 30.4 Å². The second-order valence-corrected chi connectivity index (χ2v) is 6.40. The van der Waals surface area contributed by atoms with Gasteiger partial charge >= 0.3 is 0 Å². The van der Waals surface area contributed by atoms with Gasteiger partial charge in [0.15, 0.2) is 0 Å². The Bertz CT molecular complexity index is 703. The van der Waals surface area contributed by atoms with Crippen LogP contribution in [-0.2, 0) is 11.2 Å². The highest BCUT2D eigenvalue weighted by Gasteiger charge is 2.17. The van der Waals surface area contributed by atoms with E-state index in [0.29, 0.717) is 0 Å². The first-order valence-corrected chi connectivity index (χ1v) is 8.77. The number of benzene rings is 1. The molecule has 0 spiro atoms. The predicted octanol–water partition coefficient (Wildman–Crippen LogP) is 3.59. The molecule has 24 heavy (non-hydrogen) atoms. The first kappa shape index (κ1) is 16.5. The van der Waals surface area contributed by atoms with Crippen LogP contribution in [0.15, 0.2) is 48.7 Å². The van der Waals surface area contributed by atoms with E-state index < -0.39 is 0 Å². The van der Waals surface area contributed by atoms with Crippen LogP contribution in [0.3, 0.4) is 0 Å². The van der Waals surface area contributed by atoms with E-state index in [1.807, 2.05) is 29.8 Å². The molecule has 0 radical (unpaired) electrons. The van der Waals surface area contributed by atoms with E-state index in [0.717, 1.165) is 50.0 Å². The van der Waals surface area contributed by atoms with Gasteiger partial charge in [0.25, 0.3) is 0 Å². The number of rotatable bonds is 6. The number of allylic oxidation sites excluding steroid dienone is 2. The van der Waals surface area contributed by atoms with Crippen molar-refractivity contribution in [2.24, 2.45) is 5.92 Å². The topological polar surface area (TPSA) is 46.9 Å². The van der Waals surface area contributed by atoms with E-state index in [4.69, 9.17) is 0 Å². The number of aryl methyl sites for hydroxylation is 2. The van der Waals surface area contributed by atoms with Crippen LogP contribution in [-0.4, -0.2) is 22.2 Å². The number of carbonyl (C=O) groups is 1. The SMILES string of the molecule is Cc1nn(-c2ccccc2)cc1CCCNC(=O)C1CC=CCC1. The molecule has 0 fully saturated rings. The van der Waals surface area contributed by atoms with Gasteiger partial charge in [-0.05, 0) is 56.7 Å². The van der Waals surface area contributed by atoms with E-state index in [1.54, 1.807) is 0 Å². The van der Waals surface area contributed by atoms with Crippen LogP contribution >= 0.6 is 0 Å². The van der Waals surface area contributed by atoms with E-state index in [9.17, 15) is 4.79 Å². The maximum absolute atomic E-state index is 12.1. The predicted molar refractivity (Wildman–Crippen MR) is 96.1 cm³/mol. The third-order valence-electron chi connectivity index (χ3n) is 4.58. The maximum atomic E-state index is 12.1. The van der Waals surface area contributed by atoms with Gasteiger partial charge in [-0.3, -0.25) is 4.79 Å². The Hall–Kier alpha value is -2.36. The number of carbonyl (C=O) groups excluding carboxylic acids is 1. The molecular formula is C20H25N3O. The molecule has 3 rings (SSSR count). The number of amides is 1. The summed E-state index contributed by atoms with van der Waals surface area (Å²) in [5, 5.41) is 7.67. The third kappa shape index (κ3) is 4.13. The van der Waals surface area contributed by atoms with Gasteiger partial charge in [0.1, 0.15) is 0 Å². The number of nitrogens with one attached hydrogen (secondary N) is 1. The van der Waals surface area contributed by atoms with Gasteiger partial charge in [0.2, 0.25) is 5.91 Å². The minimum atomic E-state index is 0.164.